The Labute approximate surface area is 160 Å². The Morgan fingerprint density at radius 3 is 2.29 bits per heavy atom. The van der Waals surface area contributed by atoms with Gasteiger partial charge in [0.25, 0.3) is 0 Å². The van der Waals surface area contributed by atoms with Crippen LogP contribution in [0.25, 0.3) is 0 Å². The number of amides is 1. The SMILES string of the molecule is O=C(OCc1ccccc1)N1C2CCC1CC(O)(c1cc(F)c(F)cc1F)C2. The van der Waals surface area contributed by atoms with E-state index in [1.54, 1.807) is 4.90 Å². The van der Waals surface area contributed by atoms with Crippen molar-refractivity contribution in [1.29, 1.82) is 0 Å². The highest BCUT2D eigenvalue weighted by Crippen LogP contribution is 2.46. The summed E-state index contributed by atoms with van der Waals surface area (Å²) in [4.78, 5) is 14.2. The molecule has 148 valence electrons. The highest BCUT2D eigenvalue weighted by atomic mass is 19.2. The molecule has 2 atom stereocenters. The van der Waals surface area contributed by atoms with Crippen molar-refractivity contribution >= 4 is 6.09 Å². The van der Waals surface area contributed by atoms with Crippen molar-refractivity contribution in [2.24, 2.45) is 0 Å². The number of hydrogen-bond donors (Lipinski definition) is 1. The van der Waals surface area contributed by atoms with E-state index in [0.29, 0.717) is 25.0 Å². The van der Waals surface area contributed by atoms with Gasteiger partial charge in [-0.1, -0.05) is 30.3 Å². The molecule has 0 aromatic heterocycles. The van der Waals surface area contributed by atoms with Gasteiger partial charge in [0, 0.05) is 36.6 Å². The van der Waals surface area contributed by atoms with Crippen LogP contribution in [0.5, 0.6) is 0 Å². The molecule has 4 nitrogen and oxygen atoms in total. The van der Waals surface area contributed by atoms with Gasteiger partial charge in [-0.05, 0) is 24.5 Å². The molecule has 0 spiro atoms. The number of piperidine rings is 1. The van der Waals surface area contributed by atoms with Crippen LogP contribution < -0.4 is 0 Å². The first-order valence-corrected chi connectivity index (χ1v) is 9.24. The number of hydrogen-bond acceptors (Lipinski definition) is 3. The molecule has 1 N–H and O–H groups in total. The summed E-state index contributed by atoms with van der Waals surface area (Å²) in [6.45, 7) is 0.137. The maximum atomic E-state index is 14.2. The Balaban J connectivity index is 1.50. The lowest BCUT2D eigenvalue weighted by atomic mass is 9.80. The molecular formula is C21H20F3NO3. The normalized spacial score (nSPS) is 26.4. The second kappa shape index (κ2) is 7.13. The van der Waals surface area contributed by atoms with Crippen molar-refractivity contribution in [3.05, 3.63) is 71.0 Å². The summed E-state index contributed by atoms with van der Waals surface area (Å²) >= 11 is 0. The molecule has 2 aromatic carbocycles. The first-order chi connectivity index (χ1) is 13.4. The third-order valence-electron chi connectivity index (χ3n) is 5.69. The highest BCUT2D eigenvalue weighted by Gasteiger charge is 2.51. The number of halogens is 3. The fourth-order valence-corrected chi connectivity index (χ4v) is 4.42. The molecule has 1 amide bonds. The molecular weight excluding hydrogens is 371 g/mol. The van der Waals surface area contributed by atoms with E-state index in [0.717, 1.165) is 5.56 Å². The second-order valence-corrected chi connectivity index (χ2v) is 7.52. The van der Waals surface area contributed by atoms with Gasteiger partial charge < -0.3 is 14.7 Å². The molecule has 2 heterocycles. The van der Waals surface area contributed by atoms with Crippen LogP contribution in [0.3, 0.4) is 0 Å². The second-order valence-electron chi connectivity index (χ2n) is 7.52. The Bertz CT molecular complexity index is 876. The van der Waals surface area contributed by atoms with E-state index in [-0.39, 0.29) is 37.1 Å². The molecule has 0 aliphatic carbocycles. The number of aliphatic hydroxyl groups is 1. The van der Waals surface area contributed by atoms with Crippen molar-refractivity contribution in [2.45, 2.75) is 50.0 Å². The number of carbonyl (C=O) groups is 1. The summed E-state index contributed by atoms with van der Waals surface area (Å²) in [5.41, 5.74) is -1.05. The fraction of sp³-hybridized carbons (Fsp3) is 0.381. The van der Waals surface area contributed by atoms with E-state index in [2.05, 4.69) is 0 Å². The van der Waals surface area contributed by atoms with Crippen LogP contribution in [0.1, 0.15) is 36.8 Å². The van der Waals surface area contributed by atoms with Gasteiger partial charge in [-0.2, -0.15) is 0 Å². The average molecular weight is 391 g/mol. The predicted octanol–water partition coefficient (Wildman–Crippen LogP) is 4.26. The Morgan fingerprint density at radius 1 is 1.04 bits per heavy atom. The van der Waals surface area contributed by atoms with E-state index >= 15 is 0 Å². The van der Waals surface area contributed by atoms with Crippen LogP contribution in [-0.4, -0.2) is 28.2 Å². The lowest BCUT2D eigenvalue weighted by molar-refractivity contribution is -0.0559. The summed E-state index contributed by atoms with van der Waals surface area (Å²) in [5.74, 6) is -3.49. The Kier molecular flexibility index (Phi) is 4.79. The topological polar surface area (TPSA) is 49.8 Å². The maximum absolute atomic E-state index is 14.2. The quantitative estimate of drug-likeness (QED) is 0.796. The molecule has 7 heteroatoms. The molecule has 0 saturated carbocycles. The van der Waals surface area contributed by atoms with Crippen molar-refractivity contribution in [1.82, 2.24) is 4.90 Å². The first-order valence-electron chi connectivity index (χ1n) is 9.24. The Morgan fingerprint density at radius 2 is 1.64 bits per heavy atom. The van der Waals surface area contributed by atoms with E-state index < -0.39 is 29.1 Å². The number of benzene rings is 2. The van der Waals surface area contributed by atoms with E-state index in [1.165, 1.54) is 0 Å². The zero-order chi connectivity index (χ0) is 19.9. The monoisotopic (exact) mass is 391 g/mol. The molecule has 28 heavy (non-hydrogen) atoms. The van der Waals surface area contributed by atoms with Gasteiger partial charge in [0.15, 0.2) is 11.6 Å². The van der Waals surface area contributed by atoms with Crippen LogP contribution in [0.15, 0.2) is 42.5 Å². The molecule has 2 fully saturated rings. The van der Waals surface area contributed by atoms with Crippen LogP contribution in [-0.2, 0) is 16.9 Å². The third kappa shape index (κ3) is 3.35. The average Bonchev–Trinajstić information content (AvgIpc) is 2.95. The van der Waals surface area contributed by atoms with Crippen molar-refractivity contribution < 1.29 is 27.8 Å². The predicted molar refractivity (Wildman–Crippen MR) is 94.7 cm³/mol. The van der Waals surface area contributed by atoms with Crippen molar-refractivity contribution in [2.75, 3.05) is 0 Å². The lowest BCUT2D eigenvalue weighted by Gasteiger charge is -2.43. The number of fused-ring (bicyclic) bond motifs is 2. The summed E-state index contributed by atoms with van der Waals surface area (Å²) in [6.07, 6.45) is 0.888. The molecule has 2 saturated heterocycles. The van der Waals surface area contributed by atoms with Gasteiger partial charge in [-0.3, -0.25) is 0 Å². The van der Waals surface area contributed by atoms with E-state index in [1.807, 2.05) is 30.3 Å². The van der Waals surface area contributed by atoms with E-state index in [4.69, 9.17) is 4.74 Å². The minimum atomic E-state index is -1.65. The molecule has 4 rings (SSSR count). The standard InChI is InChI=1S/C21H20F3NO3/c22-17-9-19(24)18(23)8-16(17)21(27)10-14-6-7-15(11-21)25(14)20(26)28-12-13-4-2-1-3-5-13/h1-5,8-9,14-15,27H,6-7,10-12H2. The minimum absolute atomic E-state index is 0.0475. The first kappa shape index (κ1) is 18.8. The number of nitrogens with zero attached hydrogens (tertiary/aromatic N) is 1. The van der Waals surface area contributed by atoms with Gasteiger partial charge >= 0.3 is 6.09 Å². The molecule has 2 unspecified atom stereocenters. The molecule has 2 aliphatic heterocycles. The van der Waals surface area contributed by atoms with Crippen molar-refractivity contribution in [3.8, 4) is 0 Å². The summed E-state index contributed by atoms with van der Waals surface area (Å²) in [5, 5.41) is 11.0. The number of rotatable bonds is 3. The maximum Gasteiger partial charge on any atom is 0.410 e. The Hall–Kier alpha value is -2.54. The molecule has 2 aliphatic rings. The smallest absolute Gasteiger partial charge is 0.410 e. The van der Waals surface area contributed by atoms with E-state index in [9.17, 15) is 23.1 Å². The molecule has 2 bridgehead atoms. The lowest BCUT2D eigenvalue weighted by Crippen LogP contribution is -2.52. The minimum Gasteiger partial charge on any atom is -0.445 e. The number of carbonyl (C=O) groups excluding carboxylic acids is 1. The van der Waals surface area contributed by atoms with Crippen LogP contribution in [0.4, 0.5) is 18.0 Å². The van der Waals surface area contributed by atoms with Gasteiger partial charge in [0.2, 0.25) is 0 Å². The van der Waals surface area contributed by atoms with Crippen molar-refractivity contribution in [3.63, 3.8) is 0 Å². The van der Waals surface area contributed by atoms with Gasteiger partial charge in [-0.15, -0.1) is 0 Å². The largest absolute Gasteiger partial charge is 0.445 e. The summed E-state index contributed by atoms with van der Waals surface area (Å²) in [6, 6.07) is 9.74. The summed E-state index contributed by atoms with van der Waals surface area (Å²) in [7, 11) is 0. The molecule has 2 aromatic rings. The highest BCUT2D eigenvalue weighted by molar-refractivity contribution is 5.69. The molecule has 0 radical (unpaired) electrons. The van der Waals surface area contributed by atoms with Gasteiger partial charge in [0.1, 0.15) is 12.4 Å². The zero-order valence-electron chi connectivity index (χ0n) is 15.1. The fourth-order valence-electron chi connectivity index (χ4n) is 4.42. The third-order valence-corrected chi connectivity index (χ3v) is 5.69. The van der Waals surface area contributed by atoms with Gasteiger partial charge in [-0.25, -0.2) is 18.0 Å². The van der Waals surface area contributed by atoms with Crippen LogP contribution >= 0.6 is 0 Å². The summed E-state index contributed by atoms with van der Waals surface area (Å²) < 4.78 is 46.5. The van der Waals surface area contributed by atoms with Crippen LogP contribution in [0.2, 0.25) is 0 Å². The number of ether oxygens (including phenoxy) is 1. The van der Waals surface area contributed by atoms with Crippen LogP contribution in [0, 0.1) is 17.5 Å². The zero-order valence-corrected chi connectivity index (χ0v) is 15.1. The van der Waals surface area contributed by atoms with Gasteiger partial charge in [0.05, 0.1) is 5.60 Å².